The number of hydrogen-bond acceptors (Lipinski definition) is 3. The number of carbonyl (C=O) groups excluding carboxylic acids is 1. The maximum absolute atomic E-state index is 12.8. The van der Waals surface area contributed by atoms with Crippen molar-refractivity contribution in [2.75, 3.05) is 13.2 Å². The summed E-state index contributed by atoms with van der Waals surface area (Å²) in [6, 6.07) is 3.86. The highest BCUT2D eigenvalue weighted by atomic mass is 16.2. The van der Waals surface area contributed by atoms with E-state index >= 15 is 0 Å². The summed E-state index contributed by atoms with van der Waals surface area (Å²) in [5.74, 6) is 5.38. The topological polar surface area (TPSA) is 53.4 Å². The smallest absolute Gasteiger partial charge is 0.273 e. The minimum Gasteiger partial charge on any atom is -0.384 e. The van der Waals surface area contributed by atoms with Gasteiger partial charge in [-0.2, -0.15) is 0 Å². The van der Waals surface area contributed by atoms with Gasteiger partial charge in [-0.3, -0.25) is 4.79 Å². The average molecular weight is 286 g/mol. The maximum atomic E-state index is 12.8. The number of aromatic nitrogens is 1. The SMILES string of the molecule is CCCC1CCCCN1C(=O)c1ncccc1C#CCO. The molecule has 1 atom stereocenters. The van der Waals surface area contributed by atoms with Gasteiger partial charge in [0.2, 0.25) is 0 Å². The van der Waals surface area contributed by atoms with Gasteiger partial charge in [0.1, 0.15) is 12.3 Å². The third-order valence-corrected chi connectivity index (χ3v) is 3.82. The van der Waals surface area contributed by atoms with Crippen LogP contribution in [0.25, 0.3) is 0 Å². The number of amides is 1. The zero-order valence-electron chi connectivity index (χ0n) is 12.5. The molecule has 1 aliphatic rings. The lowest BCUT2D eigenvalue weighted by Crippen LogP contribution is -2.44. The second-order valence-corrected chi connectivity index (χ2v) is 5.30. The molecule has 0 spiro atoms. The van der Waals surface area contributed by atoms with Crippen molar-refractivity contribution in [1.29, 1.82) is 0 Å². The quantitative estimate of drug-likeness (QED) is 0.867. The molecule has 0 aliphatic carbocycles. The van der Waals surface area contributed by atoms with E-state index in [-0.39, 0.29) is 12.5 Å². The van der Waals surface area contributed by atoms with Gasteiger partial charge in [0, 0.05) is 18.8 Å². The van der Waals surface area contributed by atoms with Gasteiger partial charge in [-0.05, 0) is 37.8 Å². The minimum absolute atomic E-state index is 0.0315. The van der Waals surface area contributed by atoms with Crippen LogP contribution in [0.4, 0.5) is 0 Å². The summed E-state index contributed by atoms with van der Waals surface area (Å²) >= 11 is 0. The van der Waals surface area contributed by atoms with Gasteiger partial charge in [0.05, 0.1) is 5.56 Å². The van der Waals surface area contributed by atoms with Crippen LogP contribution >= 0.6 is 0 Å². The standard InChI is InChI=1S/C17H22N2O2/c1-2-7-15-10-3-4-12-19(15)17(21)16-14(9-6-13-20)8-5-11-18-16/h5,8,11,15,20H,2-4,7,10,12-13H2,1H3. The molecule has 0 aromatic carbocycles. The molecule has 112 valence electrons. The van der Waals surface area contributed by atoms with Crippen molar-refractivity contribution in [2.24, 2.45) is 0 Å². The van der Waals surface area contributed by atoms with E-state index in [2.05, 4.69) is 23.7 Å². The van der Waals surface area contributed by atoms with Crippen LogP contribution in [-0.4, -0.2) is 40.1 Å². The summed E-state index contributed by atoms with van der Waals surface area (Å²) in [5, 5.41) is 8.83. The lowest BCUT2D eigenvalue weighted by molar-refractivity contribution is 0.0594. The molecule has 0 saturated carbocycles. The Kier molecular flexibility index (Phi) is 5.77. The van der Waals surface area contributed by atoms with E-state index in [1.165, 1.54) is 6.42 Å². The second kappa shape index (κ2) is 7.80. The number of pyridine rings is 1. The molecule has 4 heteroatoms. The van der Waals surface area contributed by atoms with Gasteiger partial charge < -0.3 is 10.0 Å². The van der Waals surface area contributed by atoms with E-state index < -0.39 is 0 Å². The number of hydrogen-bond donors (Lipinski definition) is 1. The van der Waals surface area contributed by atoms with Crippen LogP contribution < -0.4 is 0 Å². The number of aliphatic hydroxyl groups is 1. The molecule has 2 rings (SSSR count). The van der Waals surface area contributed by atoms with Crippen LogP contribution in [0, 0.1) is 11.8 Å². The first-order valence-corrected chi connectivity index (χ1v) is 7.63. The molecule has 0 bridgehead atoms. The monoisotopic (exact) mass is 286 g/mol. The molecule has 1 N–H and O–H groups in total. The molecule has 1 aromatic rings. The Morgan fingerprint density at radius 1 is 1.52 bits per heavy atom. The first-order valence-electron chi connectivity index (χ1n) is 7.63. The number of aliphatic hydroxyl groups excluding tert-OH is 1. The molecule has 1 amide bonds. The van der Waals surface area contributed by atoms with Crippen molar-refractivity contribution in [3.05, 3.63) is 29.6 Å². The Balaban J connectivity index is 2.26. The molecule has 21 heavy (non-hydrogen) atoms. The van der Waals surface area contributed by atoms with E-state index in [4.69, 9.17) is 5.11 Å². The highest BCUT2D eigenvalue weighted by molar-refractivity contribution is 5.95. The number of piperidine rings is 1. The summed E-state index contributed by atoms with van der Waals surface area (Å²) in [7, 11) is 0. The zero-order valence-corrected chi connectivity index (χ0v) is 12.5. The molecule has 1 aliphatic heterocycles. The zero-order chi connectivity index (χ0) is 15.1. The van der Waals surface area contributed by atoms with Gasteiger partial charge in [-0.15, -0.1) is 0 Å². The molecule has 1 saturated heterocycles. The van der Waals surface area contributed by atoms with Gasteiger partial charge in [0.15, 0.2) is 0 Å². The summed E-state index contributed by atoms with van der Waals surface area (Å²) in [4.78, 5) is 19.0. The van der Waals surface area contributed by atoms with Crippen molar-refractivity contribution < 1.29 is 9.90 Å². The Morgan fingerprint density at radius 2 is 2.38 bits per heavy atom. The third-order valence-electron chi connectivity index (χ3n) is 3.82. The largest absolute Gasteiger partial charge is 0.384 e. The van der Waals surface area contributed by atoms with E-state index in [0.29, 0.717) is 17.3 Å². The van der Waals surface area contributed by atoms with E-state index in [1.54, 1.807) is 18.3 Å². The van der Waals surface area contributed by atoms with Crippen LogP contribution in [-0.2, 0) is 0 Å². The predicted octanol–water partition coefficient (Wildman–Crippen LogP) is 2.22. The summed E-state index contributed by atoms with van der Waals surface area (Å²) in [6.45, 7) is 2.73. The van der Waals surface area contributed by atoms with Crippen molar-refractivity contribution in [3.8, 4) is 11.8 Å². The molecule has 0 radical (unpaired) electrons. The van der Waals surface area contributed by atoms with Crippen molar-refractivity contribution in [1.82, 2.24) is 9.88 Å². The maximum Gasteiger partial charge on any atom is 0.273 e. The summed E-state index contributed by atoms with van der Waals surface area (Å²) in [6.07, 6.45) is 7.05. The molecule has 1 unspecified atom stereocenters. The minimum atomic E-state index is -0.218. The Bertz CT molecular complexity index is 543. The molecule has 1 aromatic heterocycles. The fraction of sp³-hybridized carbons (Fsp3) is 0.529. The van der Waals surface area contributed by atoms with Gasteiger partial charge in [-0.25, -0.2) is 4.98 Å². The van der Waals surface area contributed by atoms with Crippen molar-refractivity contribution in [2.45, 2.75) is 45.1 Å². The number of nitrogens with zero attached hydrogens (tertiary/aromatic N) is 2. The predicted molar refractivity (Wildman–Crippen MR) is 81.8 cm³/mol. The number of rotatable bonds is 3. The molecular weight excluding hydrogens is 264 g/mol. The molecule has 1 fully saturated rings. The number of likely N-dealkylation sites (tertiary alicyclic amines) is 1. The second-order valence-electron chi connectivity index (χ2n) is 5.30. The Hall–Kier alpha value is -1.86. The third kappa shape index (κ3) is 3.83. The van der Waals surface area contributed by atoms with Gasteiger partial charge in [0.25, 0.3) is 5.91 Å². The molecule has 2 heterocycles. The van der Waals surface area contributed by atoms with Crippen molar-refractivity contribution >= 4 is 5.91 Å². The van der Waals surface area contributed by atoms with Crippen LogP contribution in [0.3, 0.4) is 0 Å². The van der Waals surface area contributed by atoms with Crippen LogP contribution in [0.5, 0.6) is 0 Å². The van der Waals surface area contributed by atoms with Crippen LogP contribution in [0.1, 0.15) is 55.1 Å². The molecular formula is C17H22N2O2. The highest BCUT2D eigenvalue weighted by Crippen LogP contribution is 2.23. The lowest BCUT2D eigenvalue weighted by atomic mass is 9.97. The van der Waals surface area contributed by atoms with Crippen molar-refractivity contribution in [3.63, 3.8) is 0 Å². The van der Waals surface area contributed by atoms with E-state index in [9.17, 15) is 4.79 Å². The number of carbonyl (C=O) groups is 1. The van der Waals surface area contributed by atoms with Crippen LogP contribution in [0.15, 0.2) is 18.3 Å². The Labute approximate surface area is 126 Å². The normalized spacial score (nSPS) is 18.0. The van der Waals surface area contributed by atoms with E-state index in [0.717, 1.165) is 32.2 Å². The first kappa shape index (κ1) is 15.5. The first-order chi connectivity index (χ1) is 10.3. The fourth-order valence-electron chi connectivity index (χ4n) is 2.85. The summed E-state index contributed by atoms with van der Waals surface area (Å²) in [5.41, 5.74) is 0.999. The summed E-state index contributed by atoms with van der Waals surface area (Å²) < 4.78 is 0. The van der Waals surface area contributed by atoms with Gasteiger partial charge >= 0.3 is 0 Å². The van der Waals surface area contributed by atoms with Crippen LogP contribution in [0.2, 0.25) is 0 Å². The molecule has 4 nitrogen and oxygen atoms in total. The van der Waals surface area contributed by atoms with Gasteiger partial charge in [-0.1, -0.05) is 25.2 Å². The lowest BCUT2D eigenvalue weighted by Gasteiger charge is -2.35. The Morgan fingerprint density at radius 3 is 3.14 bits per heavy atom. The highest BCUT2D eigenvalue weighted by Gasteiger charge is 2.28. The van der Waals surface area contributed by atoms with E-state index in [1.807, 2.05) is 4.90 Å². The average Bonchev–Trinajstić information content (AvgIpc) is 2.53. The fourth-order valence-corrected chi connectivity index (χ4v) is 2.85.